The number of nitrogens with one attached hydrogen (secondary N) is 2. The first kappa shape index (κ1) is 23.4. The molecule has 0 aliphatic carbocycles. The van der Waals surface area contributed by atoms with Crippen LogP contribution in [0, 0.1) is 0 Å². The molecule has 1 rings (SSSR count). The molecule has 0 saturated carbocycles. The molecule has 1 aromatic rings. The fourth-order valence-corrected chi connectivity index (χ4v) is 3.16. The highest BCUT2D eigenvalue weighted by Crippen LogP contribution is 2.19. The number of unbranched alkanes of at least 4 members (excludes halogenated alkanes) is 1. The SMILES string of the molecule is CCN(CC)C(CNC(=NC)NCCCCN(C)C(C)C)c1ccccc1. The van der Waals surface area contributed by atoms with E-state index in [1.54, 1.807) is 0 Å². The molecule has 0 radical (unpaired) electrons. The van der Waals surface area contributed by atoms with Gasteiger partial charge in [0.2, 0.25) is 0 Å². The summed E-state index contributed by atoms with van der Waals surface area (Å²) in [6.45, 7) is 13.9. The van der Waals surface area contributed by atoms with E-state index >= 15 is 0 Å². The normalized spacial score (nSPS) is 13.4. The van der Waals surface area contributed by atoms with Gasteiger partial charge in [0.15, 0.2) is 5.96 Å². The van der Waals surface area contributed by atoms with Crippen molar-refractivity contribution in [3.8, 4) is 0 Å². The Morgan fingerprint density at radius 2 is 1.70 bits per heavy atom. The van der Waals surface area contributed by atoms with E-state index in [-0.39, 0.29) is 0 Å². The molecule has 0 aliphatic heterocycles. The van der Waals surface area contributed by atoms with E-state index in [4.69, 9.17) is 0 Å². The van der Waals surface area contributed by atoms with Crippen LogP contribution < -0.4 is 10.6 Å². The Morgan fingerprint density at radius 1 is 1.04 bits per heavy atom. The first-order valence-electron chi connectivity index (χ1n) is 10.5. The summed E-state index contributed by atoms with van der Waals surface area (Å²) in [5.41, 5.74) is 1.35. The number of aliphatic imine (C=N–C) groups is 1. The van der Waals surface area contributed by atoms with Crippen molar-refractivity contribution in [2.24, 2.45) is 4.99 Å². The highest BCUT2D eigenvalue weighted by molar-refractivity contribution is 5.79. The standard InChI is InChI=1S/C22H41N5/c1-7-27(8-2)21(20-14-10-9-11-15-20)18-25-22(23-5)24-16-12-13-17-26(6)19(3)4/h9-11,14-15,19,21H,7-8,12-13,16-18H2,1-6H3,(H2,23,24,25). The van der Waals surface area contributed by atoms with Crippen LogP contribution in [0.15, 0.2) is 35.3 Å². The van der Waals surface area contributed by atoms with Gasteiger partial charge in [-0.2, -0.15) is 0 Å². The van der Waals surface area contributed by atoms with Crippen LogP contribution in [0.1, 0.15) is 52.1 Å². The number of hydrogen-bond acceptors (Lipinski definition) is 3. The number of nitrogens with zero attached hydrogens (tertiary/aromatic N) is 3. The fraction of sp³-hybridized carbons (Fsp3) is 0.682. The molecule has 0 aliphatic rings. The lowest BCUT2D eigenvalue weighted by molar-refractivity contribution is 0.219. The van der Waals surface area contributed by atoms with E-state index in [0.717, 1.165) is 45.1 Å². The molecule has 0 bridgehead atoms. The molecule has 0 heterocycles. The van der Waals surface area contributed by atoms with Crippen LogP contribution in [0.4, 0.5) is 0 Å². The van der Waals surface area contributed by atoms with E-state index in [0.29, 0.717) is 12.1 Å². The molecule has 27 heavy (non-hydrogen) atoms. The predicted octanol–water partition coefficient (Wildman–Crippen LogP) is 3.35. The monoisotopic (exact) mass is 375 g/mol. The molecule has 0 aromatic heterocycles. The average molecular weight is 376 g/mol. The summed E-state index contributed by atoms with van der Waals surface area (Å²) in [5.74, 6) is 0.889. The van der Waals surface area contributed by atoms with E-state index in [1.807, 2.05) is 7.05 Å². The van der Waals surface area contributed by atoms with Crippen molar-refractivity contribution in [1.82, 2.24) is 20.4 Å². The van der Waals surface area contributed by atoms with Crippen LogP contribution >= 0.6 is 0 Å². The molecule has 2 N–H and O–H groups in total. The Kier molecular flexibility index (Phi) is 11.8. The second-order valence-electron chi connectivity index (χ2n) is 7.31. The maximum Gasteiger partial charge on any atom is 0.191 e. The van der Waals surface area contributed by atoms with Gasteiger partial charge in [0.25, 0.3) is 0 Å². The minimum absolute atomic E-state index is 0.347. The molecule has 0 amide bonds. The van der Waals surface area contributed by atoms with Gasteiger partial charge in [0.1, 0.15) is 0 Å². The molecule has 154 valence electrons. The molecule has 5 heteroatoms. The zero-order valence-electron chi connectivity index (χ0n) is 18.3. The van der Waals surface area contributed by atoms with Gasteiger partial charge in [0.05, 0.1) is 6.04 Å². The van der Waals surface area contributed by atoms with Crippen molar-refractivity contribution in [1.29, 1.82) is 0 Å². The van der Waals surface area contributed by atoms with Gasteiger partial charge in [0, 0.05) is 26.2 Å². The van der Waals surface area contributed by atoms with E-state index in [1.165, 1.54) is 12.0 Å². The molecule has 1 atom stereocenters. The van der Waals surface area contributed by atoms with Crippen LogP contribution in [-0.2, 0) is 0 Å². The van der Waals surface area contributed by atoms with Crippen molar-refractivity contribution in [3.05, 3.63) is 35.9 Å². The number of rotatable bonds is 12. The lowest BCUT2D eigenvalue weighted by Gasteiger charge is -2.30. The highest BCUT2D eigenvalue weighted by atomic mass is 15.2. The molecular weight excluding hydrogens is 334 g/mol. The van der Waals surface area contributed by atoms with Crippen LogP contribution in [-0.4, -0.2) is 68.6 Å². The van der Waals surface area contributed by atoms with E-state index < -0.39 is 0 Å². The number of benzene rings is 1. The van der Waals surface area contributed by atoms with E-state index in [9.17, 15) is 0 Å². The van der Waals surface area contributed by atoms with Crippen molar-refractivity contribution in [2.45, 2.75) is 52.6 Å². The number of guanidine groups is 1. The summed E-state index contributed by atoms with van der Waals surface area (Å²) in [4.78, 5) is 9.27. The van der Waals surface area contributed by atoms with Crippen molar-refractivity contribution >= 4 is 5.96 Å². The van der Waals surface area contributed by atoms with E-state index in [2.05, 4.69) is 90.5 Å². The summed E-state index contributed by atoms with van der Waals surface area (Å²) in [6, 6.07) is 11.7. The summed E-state index contributed by atoms with van der Waals surface area (Å²) >= 11 is 0. The van der Waals surface area contributed by atoms with Crippen LogP contribution in [0.5, 0.6) is 0 Å². The maximum atomic E-state index is 4.39. The summed E-state index contributed by atoms with van der Waals surface area (Å²) in [7, 11) is 4.03. The van der Waals surface area contributed by atoms with Crippen LogP contribution in [0.2, 0.25) is 0 Å². The van der Waals surface area contributed by atoms with Crippen LogP contribution in [0.25, 0.3) is 0 Å². The summed E-state index contributed by atoms with van der Waals surface area (Å²) in [5, 5.41) is 6.98. The summed E-state index contributed by atoms with van der Waals surface area (Å²) in [6.07, 6.45) is 2.35. The Labute approximate surface area is 167 Å². The lowest BCUT2D eigenvalue weighted by Crippen LogP contribution is -2.43. The molecule has 0 fully saturated rings. The fourth-order valence-electron chi connectivity index (χ4n) is 3.16. The minimum Gasteiger partial charge on any atom is -0.356 e. The first-order valence-corrected chi connectivity index (χ1v) is 10.5. The van der Waals surface area contributed by atoms with Gasteiger partial charge < -0.3 is 15.5 Å². The highest BCUT2D eigenvalue weighted by Gasteiger charge is 2.18. The third kappa shape index (κ3) is 8.76. The number of likely N-dealkylation sites (N-methyl/N-ethyl adjacent to an activating group) is 1. The molecule has 5 nitrogen and oxygen atoms in total. The molecule has 1 aromatic carbocycles. The maximum absolute atomic E-state index is 4.39. The second kappa shape index (κ2) is 13.6. The van der Waals surface area contributed by atoms with Crippen molar-refractivity contribution in [3.63, 3.8) is 0 Å². The van der Waals surface area contributed by atoms with Gasteiger partial charge in [-0.25, -0.2) is 0 Å². The molecular formula is C22H41N5. The first-order chi connectivity index (χ1) is 13.0. The van der Waals surface area contributed by atoms with Gasteiger partial charge in [-0.1, -0.05) is 44.2 Å². The smallest absolute Gasteiger partial charge is 0.191 e. The van der Waals surface area contributed by atoms with Crippen LogP contribution in [0.3, 0.4) is 0 Å². The molecule has 1 unspecified atom stereocenters. The van der Waals surface area contributed by atoms with Crippen molar-refractivity contribution in [2.75, 3.05) is 46.8 Å². The summed E-state index contributed by atoms with van der Waals surface area (Å²) < 4.78 is 0. The zero-order chi connectivity index (χ0) is 20.1. The average Bonchev–Trinajstić information content (AvgIpc) is 2.69. The third-order valence-electron chi connectivity index (χ3n) is 5.24. The molecule has 0 spiro atoms. The topological polar surface area (TPSA) is 42.9 Å². The number of hydrogen-bond donors (Lipinski definition) is 2. The third-order valence-corrected chi connectivity index (χ3v) is 5.24. The largest absolute Gasteiger partial charge is 0.356 e. The lowest BCUT2D eigenvalue weighted by atomic mass is 10.1. The Hall–Kier alpha value is -1.59. The van der Waals surface area contributed by atoms with Gasteiger partial charge in [-0.05, 0) is 58.9 Å². The Bertz CT molecular complexity index is 511. The Balaban J connectivity index is 2.48. The van der Waals surface area contributed by atoms with Crippen molar-refractivity contribution < 1.29 is 0 Å². The minimum atomic E-state index is 0.347. The van der Waals surface area contributed by atoms with Gasteiger partial charge in [-0.3, -0.25) is 9.89 Å². The van der Waals surface area contributed by atoms with Gasteiger partial charge in [-0.15, -0.1) is 0 Å². The van der Waals surface area contributed by atoms with Gasteiger partial charge >= 0.3 is 0 Å². The molecule has 0 saturated heterocycles. The zero-order valence-corrected chi connectivity index (χ0v) is 18.3. The Morgan fingerprint density at radius 3 is 2.26 bits per heavy atom. The second-order valence-corrected chi connectivity index (χ2v) is 7.31. The predicted molar refractivity (Wildman–Crippen MR) is 118 cm³/mol. The quantitative estimate of drug-likeness (QED) is 0.334.